The standard InChI is InChI=1S/C23H27N3O3.ClH/c1-28-16-7-8-19(21(15-16)29-2)23-18(17-5-3-4-6-20(17)25-23)9-10-22(27)26-13-11-24-12-14-26;/h3-8,15,24-25H,9-14H2,1-2H3;1H. The molecular weight excluding hydrogens is 402 g/mol. The van der Waals surface area contributed by atoms with Gasteiger partial charge in [0.25, 0.3) is 0 Å². The topological polar surface area (TPSA) is 66.6 Å². The maximum Gasteiger partial charge on any atom is 0.222 e. The Morgan fingerprint density at radius 3 is 2.57 bits per heavy atom. The smallest absolute Gasteiger partial charge is 0.222 e. The first kappa shape index (κ1) is 22.0. The fourth-order valence-corrected chi connectivity index (χ4v) is 4.00. The summed E-state index contributed by atoms with van der Waals surface area (Å²) in [6, 6.07) is 14.0. The molecule has 1 aromatic heterocycles. The molecule has 2 N–H and O–H groups in total. The van der Waals surface area contributed by atoms with Crippen LogP contribution < -0.4 is 14.8 Å². The van der Waals surface area contributed by atoms with E-state index in [1.54, 1.807) is 14.2 Å². The molecule has 0 radical (unpaired) electrons. The van der Waals surface area contributed by atoms with Crippen molar-refractivity contribution in [3.8, 4) is 22.8 Å². The van der Waals surface area contributed by atoms with Gasteiger partial charge in [-0.2, -0.15) is 0 Å². The maximum absolute atomic E-state index is 12.7. The van der Waals surface area contributed by atoms with Crippen LogP contribution in [0.2, 0.25) is 0 Å². The molecule has 1 aliphatic heterocycles. The van der Waals surface area contributed by atoms with Crippen molar-refractivity contribution in [1.82, 2.24) is 15.2 Å². The molecule has 0 bridgehead atoms. The quantitative estimate of drug-likeness (QED) is 0.627. The number of aromatic nitrogens is 1. The summed E-state index contributed by atoms with van der Waals surface area (Å²) in [7, 11) is 3.30. The van der Waals surface area contributed by atoms with E-state index < -0.39 is 0 Å². The number of halogens is 1. The van der Waals surface area contributed by atoms with Gasteiger partial charge in [-0.15, -0.1) is 12.4 Å². The summed E-state index contributed by atoms with van der Waals surface area (Å²) in [5, 5.41) is 4.44. The Hall–Kier alpha value is -2.70. The number of carbonyl (C=O) groups excluding carboxylic acids is 1. The van der Waals surface area contributed by atoms with E-state index in [1.807, 2.05) is 35.2 Å². The molecule has 0 atom stereocenters. The molecule has 0 spiro atoms. The molecule has 0 unspecified atom stereocenters. The molecule has 4 rings (SSSR count). The second-order valence-corrected chi connectivity index (χ2v) is 7.22. The van der Waals surface area contributed by atoms with Crippen molar-refractivity contribution in [2.45, 2.75) is 12.8 Å². The maximum atomic E-state index is 12.7. The number of methoxy groups -OCH3 is 2. The number of fused-ring (bicyclic) bond motifs is 1. The van der Waals surface area contributed by atoms with Crippen molar-refractivity contribution < 1.29 is 14.3 Å². The number of hydrogen-bond acceptors (Lipinski definition) is 4. The number of carbonyl (C=O) groups is 1. The van der Waals surface area contributed by atoms with Gasteiger partial charge >= 0.3 is 0 Å². The van der Waals surface area contributed by atoms with Crippen LogP contribution in [0.5, 0.6) is 11.5 Å². The van der Waals surface area contributed by atoms with Crippen LogP contribution in [-0.2, 0) is 11.2 Å². The number of benzene rings is 2. The van der Waals surface area contributed by atoms with Crippen molar-refractivity contribution in [3.05, 3.63) is 48.0 Å². The molecule has 1 saturated heterocycles. The molecule has 30 heavy (non-hydrogen) atoms. The summed E-state index contributed by atoms with van der Waals surface area (Å²) in [4.78, 5) is 18.2. The highest BCUT2D eigenvalue weighted by atomic mass is 35.5. The van der Waals surface area contributed by atoms with Gasteiger partial charge in [-0.05, 0) is 30.2 Å². The van der Waals surface area contributed by atoms with E-state index in [0.717, 1.165) is 65.4 Å². The van der Waals surface area contributed by atoms with Gasteiger partial charge in [-0.3, -0.25) is 4.79 Å². The molecule has 0 saturated carbocycles. The lowest BCUT2D eigenvalue weighted by Crippen LogP contribution is -2.46. The van der Waals surface area contributed by atoms with Gasteiger partial charge in [0.1, 0.15) is 11.5 Å². The zero-order valence-corrected chi connectivity index (χ0v) is 18.2. The highest BCUT2D eigenvalue weighted by Crippen LogP contribution is 2.38. The third-order valence-corrected chi connectivity index (χ3v) is 5.55. The van der Waals surface area contributed by atoms with Crippen LogP contribution >= 0.6 is 12.4 Å². The normalized spacial score (nSPS) is 13.7. The van der Waals surface area contributed by atoms with Gasteiger partial charge in [0.15, 0.2) is 0 Å². The first-order valence-corrected chi connectivity index (χ1v) is 10.0. The van der Waals surface area contributed by atoms with Crippen molar-refractivity contribution in [1.29, 1.82) is 0 Å². The summed E-state index contributed by atoms with van der Waals surface area (Å²) in [5.41, 5.74) is 4.17. The fourth-order valence-electron chi connectivity index (χ4n) is 4.00. The molecule has 1 amide bonds. The van der Waals surface area contributed by atoms with E-state index in [0.29, 0.717) is 12.8 Å². The third kappa shape index (κ3) is 4.40. The molecule has 2 aromatic carbocycles. The number of aromatic amines is 1. The number of para-hydroxylation sites is 1. The average molecular weight is 430 g/mol. The Balaban J connectivity index is 0.00000256. The number of nitrogens with one attached hydrogen (secondary N) is 2. The summed E-state index contributed by atoms with van der Waals surface area (Å²) < 4.78 is 11.0. The van der Waals surface area contributed by atoms with Gasteiger partial charge < -0.3 is 24.7 Å². The Morgan fingerprint density at radius 2 is 1.83 bits per heavy atom. The lowest BCUT2D eigenvalue weighted by atomic mass is 10.00. The monoisotopic (exact) mass is 429 g/mol. The molecule has 6 nitrogen and oxygen atoms in total. The first-order valence-electron chi connectivity index (χ1n) is 10.0. The number of rotatable bonds is 6. The molecule has 1 fully saturated rings. The number of piperazine rings is 1. The van der Waals surface area contributed by atoms with Crippen molar-refractivity contribution in [3.63, 3.8) is 0 Å². The van der Waals surface area contributed by atoms with E-state index in [4.69, 9.17) is 9.47 Å². The molecule has 7 heteroatoms. The van der Waals surface area contributed by atoms with E-state index in [9.17, 15) is 4.79 Å². The molecule has 2 heterocycles. The lowest BCUT2D eigenvalue weighted by molar-refractivity contribution is -0.131. The summed E-state index contributed by atoms with van der Waals surface area (Å²) >= 11 is 0. The number of hydrogen-bond donors (Lipinski definition) is 2. The van der Waals surface area contributed by atoms with Gasteiger partial charge in [0.05, 0.1) is 19.9 Å². The molecule has 1 aliphatic rings. The van der Waals surface area contributed by atoms with Crippen molar-refractivity contribution >= 4 is 29.2 Å². The number of amides is 1. The number of ether oxygens (including phenoxy) is 2. The van der Waals surface area contributed by atoms with Crippen LogP contribution in [0.25, 0.3) is 22.2 Å². The molecule has 160 valence electrons. The Kier molecular flexibility index (Phi) is 7.24. The number of aryl methyl sites for hydroxylation is 1. The van der Waals surface area contributed by atoms with Crippen LogP contribution in [0, 0.1) is 0 Å². The largest absolute Gasteiger partial charge is 0.497 e. The average Bonchev–Trinajstić information content (AvgIpc) is 3.15. The molecule has 3 aromatic rings. The summed E-state index contributed by atoms with van der Waals surface area (Å²) in [6.07, 6.45) is 1.17. The van der Waals surface area contributed by atoms with Gasteiger partial charge in [0.2, 0.25) is 5.91 Å². The molecular formula is C23H28ClN3O3. The Morgan fingerprint density at radius 1 is 1.07 bits per heavy atom. The Bertz CT molecular complexity index is 1010. The first-order chi connectivity index (χ1) is 14.2. The third-order valence-electron chi connectivity index (χ3n) is 5.55. The zero-order valence-electron chi connectivity index (χ0n) is 17.4. The van der Waals surface area contributed by atoms with Crippen LogP contribution in [0.1, 0.15) is 12.0 Å². The van der Waals surface area contributed by atoms with E-state index in [-0.39, 0.29) is 18.3 Å². The number of nitrogens with zero attached hydrogens (tertiary/aromatic N) is 1. The van der Waals surface area contributed by atoms with Crippen LogP contribution in [-0.4, -0.2) is 56.2 Å². The van der Waals surface area contributed by atoms with Gasteiger partial charge in [-0.1, -0.05) is 18.2 Å². The van der Waals surface area contributed by atoms with Gasteiger partial charge in [0, 0.05) is 55.1 Å². The fraction of sp³-hybridized carbons (Fsp3) is 0.348. The number of H-pyrrole nitrogens is 1. The SMILES string of the molecule is COc1ccc(-c2[nH]c3ccccc3c2CCC(=O)N2CCNCC2)c(OC)c1.Cl. The van der Waals surface area contributed by atoms with Crippen LogP contribution in [0.3, 0.4) is 0 Å². The highest BCUT2D eigenvalue weighted by Gasteiger charge is 2.20. The minimum atomic E-state index is 0. The summed E-state index contributed by atoms with van der Waals surface area (Å²) in [5.74, 6) is 1.70. The Labute approximate surface area is 183 Å². The second kappa shape index (κ2) is 9.87. The van der Waals surface area contributed by atoms with Crippen molar-refractivity contribution in [2.24, 2.45) is 0 Å². The highest BCUT2D eigenvalue weighted by molar-refractivity contribution is 5.92. The minimum Gasteiger partial charge on any atom is -0.497 e. The van der Waals surface area contributed by atoms with Crippen molar-refractivity contribution in [2.75, 3.05) is 40.4 Å². The predicted molar refractivity (Wildman–Crippen MR) is 122 cm³/mol. The zero-order chi connectivity index (χ0) is 20.2. The van der Waals surface area contributed by atoms with E-state index in [2.05, 4.69) is 22.4 Å². The summed E-state index contributed by atoms with van der Waals surface area (Å²) in [6.45, 7) is 3.30. The minimum absolute atomic E-state index is 0. The second-order valence-electron chi connectivity index (χ2n) is 7.22. The van der Waals surface area contributed by atoms with E-state index in [1.165, 1.54) is 0 Å². The predicted octanol–water partition coefficient (Wildman–Crippen LogP) is 3.64. The van der Waals surface area contributed by atoms with Crippen LogP contribution in [0.15, 0.2) is 42.5 Å². The molecule has 0 aliphatic carbocycles. The van der Waals surface area contributed by atoms with Gasteiger partial charge in [-0.25, -0.2) is 0 Å². The lowest BCUT2D eigenvalue weighted by Gasteiger charge is -2.27. The van der Waals surface area contributed by atoms with Crippen LogP contribution in [0.4, 0.5) is 0 Å². The van der Waals surface area contributed by atoms with E-state index >= 15 is 0 Å².